The van der Waals surface area contributed by atoms with Crippen LogP contribution in [-0.4, -0.2) is 30.4 Å². The summed E-state index contributed by atoms with van der Waals surface area (Å²) < 4.78 is 0. The molecule has 0 bridgehead atoms. The molecule has 112 valence electrons. The van der Waals surface area contributed by atoms with Crippen LogP contribution in [0.25, 0.3) is 0 Å². The zero-order chi connectivity index (χ0) is 15.5. The van der Waals surface area contributed by atoms with Gasteiger partial charge in [0.25, 0.3) is 0 Å². The molecule has 0 aliphatic carbocycles. The number of hydrogen-bond donors (Lipinski definition) is 2. The number of aliphatic hydroxyl groups excluding tert-OH is 1. The Morgan fingerprint density at radius 1 is 1.10 bits per heavy atom. The normalized spacial score (nSPS) is 16.8. The van der Waals surface area contributed by atoms with Crippen molar-refractivity contribution in [3.05, 3.63) is 30.3 Å². The molecule has 1 aromatic carbocycles. The Kier molecular flexibility index (Phi) is 5.54. The van der Waals surface area contributed by atoms with E-state index in [4.69, 9.17) is 0 Å². The fraction of sp³-hybridized carbons (Fsp3) is 0.562. The van der Waals surface area contributed by atoms with Gasteiger partial charge < -0.3 is 10.2 Å². The Labute approximate surface area is 122 Å². The summed E-state index contributed by atoms with van der Waals surface area (Å²) in [4.78, 5) is 11.6. The van der Waals surface area contributed by atoms with Crippen LogP contribution in [-0.2, 0) is 4.79 Å². The predicted molar refractivity (Wildman–Crippen MR) is 85.0 cm³/mol. The highest BCUT2D eigenvalue weighted by Gasteiger charge is 2.45. The summed E-state index contributed by atoms with van der Waals surface area (Å²) in [5.74, 6) is -1.39. The van der Waals surface area contributed by atoms with Gasteiger partial charge in [0.05, 0.1) is 20.1 Å². The number of carbonyl (C=O) groups is 1. The first-order valence-electron chi connectivity index (χ1n) is 7.16. The van der Waals surface area contributed by atoms with Crippen LogP contribution in [0.4, 0.5) is 0 Å². The van der Waals surface area contributed by atoms with Crippen molar-refractivity contribution in [1.82, 2.24) is 0 Å². The Bertz CT molecular complexity index is 440. The molecule has 0 fully saturated rings. The van der Waals surface area contributed by atoms with E-state index in [9.17, 15) is 15.0 Å². The van der Waals surface area contributed by atoms with Gasteiger partial charge in [-0.05, 0) is 18.4 Å². The van der Waals surface area contributed by atoms with E-state index in [0.29, 0.717) is 0 Å². The third-order valence-corrected chi connectivity index (χ3v) is 8.77. The first kappa shape index (κ1) is 16.9. The minimum Gasteiger partial charge on any atom is -0.481 e. The van der Waals surface area contributed by atoms with E-state index in [-0.39, 0.29) is 11.5 Å². The molecule has 0 aliphatic rings. The van der Waals surface area contributed by atoms with Gasteiger partial charge >= 0.3 is 5.97 Å². The molecule has 3 nitrogen and oxygen atoms in total. The quantitative estimate of drug-likeness (QED) is 0.793. The SMILES string of the molecule is CC(C)[C@H]([C@H](C(=O)O)[C@@H](C)O)[Si](C)(C)c1ccccc1. The summed E-state index contributed by atoms with van der Waals surface area (Å²) in [7, 11) is -2.00. The van der Waals surface area contributed by atoms with Crippen molar-refractivity contribution in [2.75, 3.05) is 0 Å². The van der Waals surface area contributed by atoms with Crippen LogP contribution < -0.4 is 5.19 Å². The van der Waals surface area contributed by atoms with Gasteiger partial charge in [0, 0.05) is 0 Å². The average Bonchev–Trinajstić information content (AvgIpc) is 2.35. The van der Waals surface area contributed by atoms with Crippen molar-refractivity contribution >= 4 is 19.2 Å². The Morgan fingerprint density at radius 3 is 1.95 bits per heavy atom. The van der Waals surface area contributed by atoms with Crippen LogP contribution in [0.5, 0.6) is 0 Å². The fourth-order valence-electron chi connectivity index (χ4n) is 3.42. The minimum atomic E-state index is -2.00. The topological polar surface area (TPSA) is 57.5 Å². The molecule has 0 saturated carbocycles. The van der Waals surface area contributed by atoms with E-state index in [2.05, 4.69) is 39.1 Å². The van der Waals surface area contributed by atoms with E-state index in [1.54, 1.807) is 6.92 Å². The van der Waals surface area contributed by atoms with Crippen LogP contribution in [0, 0.1) is 11.8 Å². The Balaban J connectivity index is 3.29. The third kappa shape index (κ3) is 3.49. The molecule has 0 radical (unpaired) electrons. The molecule has 0 aromatic heterocycles. The molecule has 4 heteroatoms. The molecule has 0 unspecified atom stereocenters. The van der Waals surface area contributed by atoms with E-state index >= 15 is 0 Å². The van der Waals surface area contributed by atoms with Gasteiger partial charge in [-0.2, -0.15) is 0 Å². The summed E-state index contributed by atoms with van der Waals surface area (Å²) in [5.41, 5.74) is -0.0117. The van der Waals surface area contributed by atoms with Gasteiger partial charge in [0.2, 0.25) is 0 Å². The zero-order valence-corrected chi connectivity index (χ0v) is 14.0. The molecule has 3 atom stereocenters. The molecular formula is C16H26O3Si. The number of carboxylic acid groups (broad SMARTS) is 1. The van der Waals surface area contributed by atoms with Crippen molar-refractivity contribution in [1.29, 1.82) is 0 Å². The second kappa shape index (κ2) is 6.55. The van der Waals surface area contributed by atoms with Gasteiger partial charge in [0.1, 0.15) is 0 Å². The second-order valence-corrected chi connectivity index (χ2v) is 11.1. The highest BCUT2D eigenvalue weighted by molar-refractivity contribution is 6.91. The lowest BCUT2D eigenvalue weighted by Gasteiger charge is -2.40. The van der Waals surface area contributed by atoms with Gasteiger partial charge in [0.15, 0.2) is 0 Å². The lowest BCUT2D eigenvalue weighted by molar-refractivity contribution is -0.146. The minimum absolute atomic E-state index is 0.0117. The molecular weight excluding hydrogens is 268 g/mol. The molecule has 2 N–H and O–H groups in total. The van der Waals surface area contributed by atoms with E-state index in [0.717, 1.165) is 0 Å². The van der Waals surface area contributed by atoms with Gasteiger partial charge in [-0.25, -0.2) is 0 Å². The molecule has 0 saturated heterocycles. The van der Waals surface area contributed by atoms with Crippen molar-refractivity contribution in [2.45, 2.75) is 45.5 Å². The lowest BCUT2D eigenvalue weighted by Crippen LogP contribution is -2.53. The standard InChI is InChI=1S/C16H26O3Si/c1-11(2)15(14(12(3)17)16(18)19)20(4,5)13-9-7-6-8-10-13/h6-12,14-15,17H,1-5H3,(H,18,19)/t12-,14-,15-/m1/s1. The van der Waals surface area contributed by atoms with Crippen LogP contribution in [0.2, 0.25) is 18.6 Å². The third-order valence-electron chi connectivity index (χ3n) is 4.26. The van der Waals surface area contributed by atoms with Crippen LogP contribution in [0.15, 0.2) is 30.3 Å². The van der Waals surface area contributed by atoms with Gasteiger partial charge in [-0.1, -0.05) is 62.5 Å². The molecule has 1 rings (SSSR count). The first-order chi connectivity index (χ1) is 9.19. The van der Waals surface area contributed by atoms with Crippen molar-refractivity contribution in [3.8, 4) is 0 Å². The molecule has 0 spiro atoms. The van der Waals surface area contributed by atoms with Gasteiger partial charge in [-0.15, -0.1) is 0 Å². The van der Waals surface area contributed by atoms with E-state index in [1.807, 2.05) is 18.2 Å². The molecule has 0 amide bonds. The molecule has 20 heavy (non-hydrogen) atoms. The zero-order valence-electron chi connectivity index (χ0n) is 13.0. The van der Waals surface area contributed by atoms with Crippen LogP contribution >= 0.6 is 0 Å². The smallest absolute Gasteiger partial charge is 0.309 e. The summed E-state index contributed by atoms with van der Waals surface area (Å²) in [6.07, 6.45) is -0.838. The summed E-state index contributed by atoms with van der Waals surface area (Å²) in [6, 6.07) is 10.1. The lowest BCUT2D eigenvalue weighted by atomic mass is 9.92. The highest BCUT2D eigenvalue weighted by atomic mass is 28.3. The number of aliphatic carboxylic acids is 1. The summed E-state index contributed by atoms with van der Waals surface area (Å²) in [5, 5.41) is 20.7. The Hall–Kier alpha value is -1.13. The first-order valence-corrected chi connectivity index (χ1v) is 10.2. The molecule has 1 aromatic rings. The maximum Gasteiger partial charge on any atom is 0.309 e. The van der Waals surface area contributed by atoms with Crippen molar-refractivity contribution < 1.29 is 15.0 Å². The van der Waals surface area contributed by atoms with Crippen LogP contribution in [0.1, 0.15) is 20.8 Å². The maximum absolute atomic E-state index is 11.6. The maximum atomic E-state index is 11.6. The van der Waals surface area contributed by atoms with Crippen molar-refractivity contribution in [2.24, 2.45) is 11.8 Å². The summed E-state index contributed by atoms with van der Waals surface area (Å²) >= 11 is 0. The molecule has 0 aliphatic heterocycles. The highest BCUT2D eigenvalue weighted by Crippen LogP contribution is 2.38. The van der Waals surface area contributed by atoms with E-state index < -0.39 is 26.1 Å². The van der Waals surface area contributed by atoms with Crippen LogP contribution in [0.3, 0.4) is 0 Å². The average molecular weight is 294 g/mol. The number of aliphatic hydroxyl groups is 1. The van der Waals surface area contributed by atoms with E-state index in [1.165, 1.54) is 5.19 Å². The molecule has 0 heterocycles. The number of benzene rings is 1. The largest absolute Gasteiger partial charge is 0.481 e. The Morgan fingerprint density at radius 2 is 1.60 bits per heavy atom. The summed E-state index contributed by atoms with van der Waals surface area (Å²) in [6.45, 7) is 10.1. The van der Waals surface area contributed by atoms with Gasteiger partial charge in [-0.3, -0.25) is 4.79 Å². The number of carboxylic acids is 1. The predicted octanol–water partition coefficient (Wildman–Crippen LogP) is 2.71. The second-order valence-electron chi connectivity index (χ2n) is 6.46. The number of hydrogen-bond acceptors (Lipinski definition) is 2. The number of rotatable bonds is 6. The fourth-order valence-corrected chi connectivity index (χ4v) is 7.84. The van der Waals surface area contributed by atoms with Crippen molar-refractivity contribution in [3.63, 3.8) is 0 Å². The monoisotopic (exact) mass is 294 g/mol.